The quantitative estimate of drug-likeness (QED) is 0.891. The Balaban J connectivity index is 2.19. The summed E-state index contributed by atoms with van der Waals surface area (Å²) in [7, 11) is 0. The number of carbonyl (C=O) groups excluding carboxylic acids is 1. The standard InChI is InChI=1S/C13H9BrFNO2/c14-11-6-8(4-5-12(11)15)13(18)16-9-2-1-3-10(17)7-9/h1-7,17H,(H,16,18). The van der Waals surface area contributed by atoms with Crippen LogP contribution in [0.1, 0.15) is 10.4 Å². The molecule has 2 N–H and O–H groups in total. The van der Waals surface area contributed by atoms with E-state index in [4.69, 9.17) is 0 Å². The van der Waals surface area contributed by atoms with Crippen LogP contribution >= 0.6 is 15.9 Å². The molecule has 1 amide bonds. The summed E-state index contributed by atoms with van der Waals surface area (Å²) in [5.41, 5.74) is 0.798. The molecule has 0 aliphatic rings. The van der Waals surface area contributed by atoms with Gasteiger partial charge in [-0.3, -0.25) is 4.79 Å². The number of carbonyl (C=O) groups is 1. The molecule has 0 radical (unpaired) electrons. The van der Waals surface area contributed by atoms with Crippen molar-refractivity contribution in [1.29, 1.82) is 0 Å². The van der Waals surface area contributed by atoms with Crippen molar-refractivity contribution in [2.75, 3.05) is 5.32 Å². The van der Waals surface area contributed by atoms with Gasteiger partial charge < -0.3 is 10.4 Å². The Morgan fingerprint density at radius 3 is 2.67 bits per heavy atom. The largest absolute Gasteiger partial charge is 0.508 e. The molecule has 3 nitrogen and oxygen atoms in total. The molecular formula is C13H9BrFNO2. The molecule has 0 spiro atoms. The number of hydrogen-bond acceptors (Lipinski definition) is 2. The van der Waals surface area contributed by atoms with Gasteiger partial charge in [0, 0.05) is 17.3 Å². The second-order valence-corrected chi connectivity index (χ2v) is 4.49. The van der Waals surface area contributed by atoms with Crippen LogP contribution in [0.2, 0.25) is 0 Å². The molecule has 0 saturated heterocycles. The molecule has 2 aromatic carbocycles. The van der Waals surface area contributed by atoms with Crippen LogP contribution < -0.4 is 5.32 Å². The van der Waals surface area contributed by atoms with E-state index in [0.717, 1.165) is 0 Å². The normalized spacial score (nSPS) is 10.1. The van der Waals surface area contributed by atoms with Crippen LogP contribution in [-0.2, 0) is 0 Å². The number of amides is 1. The number of benzene rings is 2. The van der Waals surface area contributed by atoms with Crippen molar-refractivity contribution in [2.45, 2.75) is 0 Å². The van der Waals surface area contributed by atoms with Crippen molar-refractivity contribution in [2.24, 2.45) is 0 Å². The van der Waals surface area contributed by atoms with Crippen LogP contribution in [0.25, 0.3) is 0 Å². The van der Waals surface area contributed by atoms with E-state index in [9.17, 15) is 14.3 Å². The first-order valence-corrected chi connectivity index (χ1v) is 5.91. The number of halogens is 2. The van der Waals surface area contributed by atoms with Gasteiger partial charge in [-0.1, -0.05) is 6.07 Å². The maximum Gasteiger partial charge on any atom is 0.255 e. The second-order valence-electron chi connectivity index (χ2n) is 3.63. The number of aromatic hydroxyl groups is 1. The lowest BCUT2D eigenvalue weighted by molar-refractivity contribution is 0.102. The predicted molar refractivity (Wildman–Crippen MR) is 70.2 cm³/mol. The van der Waals surface area contributed by atoms with Gasteiger partial charge in [0.1, 0.15) is 11.6 Å². The lowest BCUT2D eigenvalue weighted by Gasteiger charge is -2.06. The third-order valence-corrected chi connectivity index (χ3v) is 2.89. The number of anilines is 1. The van der Waals surface area contributed by atoms with Crippen molar-refractivity contribution in [3.05, 3.63) is 58.3 Å². The molecule has 0 fully saturated rings. The van der Waals surface area contributed by atoms with Gasteiger partial charge in [-0.15, -0.1) is 0 Å². The minimum absolute atomic E-state index is 0.0630. The van der Waals surface area contributed by atoms with Gasteiger partial charge in [-0.05, 0) is 46.3 Å². The fraction of sp³-hybridized carbons (Fsp3) is 0. The third kappa shape index (κ3) is 2.87. The van der Waals surface area contributed by atoms with Crippen LogP contribution in [0.3, 0.4) is 0 Å². The fourth-order valence-electron chi connectivity index (χ4n) is 1.42. The Labute approximate surface area is 111 Å². The molecule has 18 heavy (non-hydrogen) atoms. The van der Waals surface area contributed by atoms with E-state index in [1.54, 1.807) is 12.1 Å². The maximum absolute atomic E-state index is 13.0. The summed E-state index contributed by atoms with van der Waals surface area (Å²) in [4.78, 5) is 11.9. The molecule has 0 aliphatic heterocycles. The van der Waals surface area contributed by atoms with Crippen LogP contribution in [-0.4, -0.2) is 11.0 Å². The zero-order chi connectivity index (χ0) is 13.1. The first kappa shape index (κ1) is 12.6. The molecule has 0 heterocycles. The molecule has 0 aromatic heterocycles. The van der Waals surface area contributed by atoms with E-state index in [2.05, 4.69) is 21.2 Å². The van der Waals surface area contributed by atoms with Gasteiger partial charge in [0.2, 0.25) is 0 Å². The highest BCUT2D eigenvalue weighted by molar-refractivity contribution is 9.10. The van der Waals surface area contributed by atoms with Crippen molar-refractivity contribution in [3.63, 3.8) is 0 Å². The molecule has 0 aliphatic carbocycles. The molecule has 0 unspecified atom stereocenters. The molecule has 92 valence electrons. The van der Waals surface area contributed by atoms with Crippen molar-refractivity contribution in [3.8, 4) is 5.75 Å². The van der Waals surface area contributed by atoms with Gasteiger partial charge >= 0.3 is 0 Å². The lowest BCUT2D eigenvalue weighted by Crippen LogP contribution is -2.11. The van der Waals surface area contributed by atoms with E-state index < -0.39 is 5.82 Å². The minimum Gasteiger partial charge on any atom is -0.508 e. The topological polar surface area (TPSA) is 49.3 Å². The highest BCUT2D eigenvalue weighted by Gasteiger charge is 2.08. The summed E-state index contributed by atoms with van der Waals surface area (Å²) >= 11 is 3.02. The van der Waals surface area contributed by atoms with Crippen molar-refractivity contribution < 1.29 is 14.3 Å². The van der Waals surface area contributed by atoms with E-state index in [-0.39, 0.29) is 16.1 Å². The highest BCUT2D eigenvalue weighted by Crippen LogP contribution is 2.19. The van der Waals surface area contributed by atoms with Gasteiger partial charge in [0.15, 0.2) is 0 Å². The smallest absolute Gasteiger partial charge is 0.255 e. The summed E-state index contributed by atoms with van der Waals surface area (Å²) < 4.78 is 13.3. The zero-order valence-electron chi connectivity index (χ0n) is 9.15. The van der Waals surface area contributed by atoms with Gasteiger partial charge in [-0.25, -0.2) is 4.39 Å². The van der Waals surface area contributed by atoms with E-state index in [1.807, 2.05) is 0 Å². The van der Waals surface area contributed by atoms with Crippen molar-refractivity contribution >= 4 is 27.5 Å². The molecule has 2 aromatic rings. The fourth-order valence-corrected chi connectivity index (χ4v) is 1.80. The predicted octanol–water partition coefficient (Wildman–Crippen LogP) is 3.55. The van der Waals surface area contributed by atoms with E-state index in [0.29, 0.717) is 11.3 Å². The first-order chi connectivity index (χ1) is 8.56. The number of phenolic OH excluding ortho intramolecular Hbond substituents is 1. The van der Waals surface area contributed by atoms with Crippen LogP contribution in [0, 0.1) is 5.82 Å². The van der Waals surface area contributed by atoms with Gasteiger partial charge in [-0.2, -0.15) is 0 Å². The second kappa shape index (κ2) is 5.18. The Hall–Kier alpha value is -1.88. The zero-order valence-corrected chi connectivity index (χ0v) is 10.7. The first-order valence-electron chi connectivity index (χ1n) is 5.12. The summed E-state index contributed by atoms with van der Waals surface area (Å²) in [5, 5.41) is 11.9. The Bertz CT molecular complexity index is 601. The molecule has 5 heteroatoms. The summed E-state index contributed by atoms with van der Waals surface area (Å²) in [5.74, 6) is -0.738. The third-order valence-electron chi connectivity index (χ3n) is 2.29. The SMILES string of the molecule is O=C(Nc1cccc(O)c1)c1ccc(F)c(Br)c1. The van der Waals surface area contributed by atoms with Crippen LogP contribution in [0.5, 0.6) is 5.75 Å². The van der Waals surface area contributed by atoms with Crippen molar-refractivity contribution in [1.82, 2.24) is 0 Å². The summed E-state index contributed by atoms with van der Waals surface area (Å²) in [6.45, 7) is 0. The molecule has 2 rings (SSSR count). The average molecular weight is 310 g/mol. The highest BCUT2D eigenvalue weighted by atomic mass is 79.9. The Morgan fingerprint density at radius 1 is 1.22 bits per heavy atom. The molecular weight excluding hydrogens is 301 g/mol. The lowest BCUT2D eigenvalue weighted by atomic mass is 10.2. The van der Waals surface area contributed by atoms with E-state index in [1.165, 1.54) is 30.3 Å². The van der Waals surface area contributed by atoms with Crippen LogP contribution in [0.4, 0.5) is 10.1 Å². The minimum atomic E-state index is -0.427. The molecule has 0 bridgehead atoms. The molecule has 0 atom stereocenters. The Morgan fingerprint density at radius 2 is 2.00 bits per heavy atom. The van der Waals surface area contributed by atoms with Crippen LogP contribution in [0.15, 0.2) is 46.9 Å². The average Bonchev–Trinajstić information content (AvgIpc) is 2.32. The monoisotopic (exact) mass is 309 g/mol. The Kier molecular flexibility index (Phi) is 3.62. The van der Waals surface area contributed by atoms with E-state index >= 15 is 0 Å². The summed E-state index contributed by atoms with van der Waals surface area (Å²) in [6, 6.07) is 10.2. The number of hydrogen-bond donors (Lipinski definition) is 2. The van der Waals surface area contributed by atoms with Gasteiger partial charge in [0.05, 0.1) is 4.47 Å². The van der Waals surface area contributed by atoms with Gasteiger partial charge in [0.25, 0.3) is 5.91 Å². The maximum atomic E-state index is 13.0. The summed E-state index contributed by atoms with van der Waals surface area (Å²) in [6.07, 6.45) is 0. The number of nitrogens with one attached hydrogen (secondary N) is 1. The number of phenols is 1. The number of rotatable bonds is 2. The molecule has 0 saturated carbocycles.